The minimum Gasteiger partial charge on any atom is -0.360 e. The molecule has 1 N–H and O–H groups in total. The third-order valence-corrected chi connectivity index (χ3v) is 4.51. The van der Waals surface area contributed by atoms with Gasteiger partial charge in [0.2, 0.25) is 0 Å². The average Bonchev–Trinajstić information content (AvgIpc) is 3.08. The number of rotatable bonds is 4. The van der Waals surface area contributed by atoms with E-state index < -0.39 is 0 Å². The lowest BCUT2D eigenvalue weighted by molar-refractivity contribution is 1.35. The van der Waals surface area contributed by atoms with Crippen molar-refractivity contribution in [3.8, 4) is 17.3 Å². The molecule has 0 unspecified atom stereocenters. The molecule has 0 radical (unpaired) electrons. The summed E-state index contributed by atoms with van der Waals surface area (Å²) in [5, 5.41) is 15.3. The molecule has 24 heavy (non-hydrogen) atoms. The van der Waals surface area contributed by atoms with Gasteiger partial charge in [-0.15, -0.1) is 11.3 Å². The molecule has 0 aliphatic carbocycles. The van der Waals surface area contributed by atoms with Crippen LogP contribution in [0.1, 0.15) is 16.1 Å². The second-order valence-electron chi connectivity index (χ2n) is 5.58. The van der Waals surface area contributed by atoms with E-state index in [1.807, 2.05) is 36.6 Å². The van der Waals surface area contributed by atoms with Crippen LogP contribution in [0.3, 0.4) is 0 Å². The van der Waals surface area contributed by atoms with Crippen molar-refractivity contribution in [2.45, 2.75) is 13.8 Å². The zero-order valence-electron chi connectivity index (χ0n) is 13.6. The number of aryl methyl sites for hydroxylation is 2. The molecule has 0 aliphatic rings. The Kier molecular flexibility index (Phi) is 4.74. The van der Waals surface area contributed by atoms with Crippen LogP contribution < -0.4 is 5.32 Å². The smallest absolute Gasteiger partial charge is 0.136 e. The summed E-state index contributed by atoms with van der Waals surface area (Å²) in [6.07, 6.45) is 1.71. The van der Waals surface area contributed by atoms with Crippen LogP contribution >= 0.6 is 11.3 Å². The number of nitriles is 1. The largest absolute Gasteiger partial charge is 0.360 e. The Bertz CT molecular complexity index is 897. The topological polar surface area (TPSA) is 48.7 Å². The number of nitrogens with zero attached hydrogens (tertiary/aromatic N) is 2. The SMILES string of the molecule is Cc1ccc(NC=C(C#N)c2nc(-c3ccc(C)cc3)cs2)cc1. The molecule has 0 spiro atoms. The maximum Gasteiger partial charge on any atom is 0.136 e. The number of hydrogen-bond acceptors (Lipinski definition) is 4. The third-order valence-electron chi connectivity index (χ3n) is 3.64. The van der Waals surface area contributed by atoms with Gasteiger partial charge in [-0.25, -0.2) is 4.98 Å². The highest BCUT2D eigenvalue weighted by molar-refractivity contribution is 7.11. The molecule has 0 amide bonds. The second kappa shape index (κ2) is 7.12. The first-order chi connectivity index (χ1) is 11.7. The lowest BCUT2D eigenvalue weighted by Crippen LogP contribution is -1.91. The second-order valence-corrected chi connectivity index (χ2v) is 6.44. The van der Waals surface area contributed by atoms with Crippen LogP contribution in [0.4, 0.5) is 5.69 Å². The first-order valence-corrected chi connectivity index (χ1v) is 8.50. The van der Waals surface area contributed by atoms with Gasteiger partial charge in [0.25, 0.3) is 0 Å². The molecule has 0 saturated heterocycles. The maximum absolute atomic E-state index is 9.43. The van der Waals surface area contributed by atoms with Gasteiger partial charge in [-0.1, -0.05) is 47.5 Å². The molecular weight excluding hydrogens is 314 g/mol. The lowest BCUT2D eigenvalue weighted by atomic mass is 10.1. The Morgan fingerprint density at radius 3 is 2.29 bits per heavy atom. The van der Waals surface area contributed by atoms with E-state index in [1.165, 1.54) is 22.5 Å². The molecule has 0 bridgehead atoms. The van der Waals surface area contributed by atoms with Crippen molar-refractivity contribution in [3.63, 3.8) is 0 Å². The summed E-state index contributed by atoms with van der Waals surface area (Å²) in [4.78, 5) is 4.60. The van der Waals surface area contributed by atoms with Crippen molar-refractivity contribution in [2.75, 3.05) is 5.32 Å². The molecule has 118 valence electrons. The average molecular weight is 331 g/mol. The number of anilines is 1. The first-order valence-electron chi connectivity index (χ1n) is 7.62. The number of nitrogens with one attached hydrogen (secondary N) is 1. The fourth-order valence-corrected chi connectivity index (χ4v) is 3.00. The number of benzene rings is 2. The van der Waals surface area contributed by atoms with E-state index in [1.54, 1.807) is 6.20 Å². The molecule has 1 aromatic heterocycles. The highest BCUT2D eigenvalue weighted by atomic mass is 32.1. The van der Waals surface area contributed by atoms with E-state index in [-0.39, 0.29) is 0 Å². The van der Waals surface area contributed by atoms with E-state index >= 15 is 0 Å². The Morgan fingerprint density at radius 1 is 1.04 bits per heavy atom. The molecule has 3 nitrogen and oxygen atoms in total. The zero-order valence-corrected chi connectivity index (χ0v) is 14.4. The monoisotopic (exact) mass is 331 g/mol. The van der Waals surface area contributed by atoms with Crippen molar-refractivity contribution < 1.29 is 0 Å². The zero-order chi connectivity index (χ0) is 16.9. The van der Waals surface area contributed by atoms with Crippen molar-refractivity contribution in [2.24, 2.45) is 0 Å². The third kappa shape index (κ3) is 3.70. The maximum atomic E-state index is 9.43. The molecule has 2 aromatic carbocycles. The Balaban J connectivity index is 1.81. The lowest BCUT2D eigenvalue weighted by Gasteiger charge is -2.01. The molecule has 1 heterocycles. The molecule has 3 rings (SSSR count). The van der Waals surface area contributed by atoms with E-state index in [9.17, 15) is 5.26 Å². The predicted octanol–water partition coefficient (Wildman–Crippen LogP) is 5.40. The summed E-state index contributed by atoms with van der Waals surface area (Å²) in [6, 6.07) is 18.5. The van der Waals surface area contributed by atoms with Crippen molar-refractivity contribution in [3.05, 3.63) is 76.2 Å². The predicted molar refractivity (Wildman–Crippen MR) is 101 cm³/mol. The molecule has 3 aromatic rings. The normalized spacial score (nSPS) is 11.1. The van der Waals surface area contributed by atoms with E-state index in [2.05, 4.69) is 47.6 Å². The first kappa shape index (κ1) is 16.0. The molecule has 0 atom stereocenters. The van der Waals surface area contributed by atoms with Gasteiger partial charge in [0.1, 0.15) is 16.6 Å². The van der Waals surface area contributed by atoms with Crippen LogP contribution in [0.2, 0.25) is 0 Å². The van der Waals surface area contributed by atoms with Crippen molar-refractivity contribution in [1.82, 2.24) is 4.98 Å². The Labute approximate surface area is 145 Å². The van der Waals surface area contributed by atoms with Crippen LogP contribution in [0.15, 0.2) is 60.1 Å². The summed E-state index contributed by atoms with van der Waals surface area (Å²) in [7, 11) is 0. The van der Waals surface area contributed by atoms with Crippen LogP contribution in [0, 0.1) is 25.2 Å². The summed E-state index contributed by atoms with van der Waals surface area (Å²) in [5.41, 5.74) is 5.85. The van der Waals surface area contributed by atoms with Crippen LogP contribution in [0.5, 0.6) is 0 Å². The van der Waals surface area contributed by atoms with Gasteiger partial charge in [-0.3, -0.25) is 0 Å². The highest BCUT2D eigenvalue weighted by Gasteiger charge is 2.08. The number of allylic oxidation sites excluding steroid dienone is 1. The van der Waals surface area contributed by atoms with Crippen LogP contribution in [-0.4, -0.2) is 4.98 Å². The van der Waals surface area contributed by atoms with Crippen molar-refractivity contribution >= 4 is 22.6 Å². The van der Waals surface area contributed by atoms with Gasteiger partial charge in [-0.05, 0) is 26.0 Å². The fourth-order valence-electron chi connectivity index (χ4n) is 2.20. The number of hydrogen-bond donors (Lipinski definition) is 1. The van der Waals surface area contributed by atoms with Gasteiger partial charge >= 0.3 is 0 Å². The minimum absolute atomic E-state index is 0.527. The van der Waals surface area contributed by atoms with Gasteiger partial charge in [0.15, 0.2) is 0 Å². The summed E-state index contributed by atoms with van der Waals surface area (Å²) >= 11 is 1.48. The summed E-state index contributed by atoms with van der Waals surface area (Å²) in [6.45, 7) is 4.10. The van der Waals surface area contributed by atoms with Crippen LogP contribution in [-0.2, 0) is 0 Å². The van der Waals surface area contributed by atoms with E-state index in [0.29, 0.717) is 10.6 Å². The van der Waals surface area contributed by atoms with Gasteiger partial charge in [0, 0.05) is 22.8 Å². The summed E-state index contributed by atoms with van der Waals surface area (Å²) in [5.74, 6) is 0. The van der Waals surface area contributed by atoms with Crippen molar-refractivity contribution in [1.29, 1.82) is 5.26 Å². The molecule has 4 heteroatoms. The van der Waals surface area contributed by atoms with Crippen LogP contribution in [0.25, 0.3) is 16.8 Å². The molecule has 0 fully saturated rings. The molecule has 0 aliphatic heterocycles. The summed E-state index contributed by atoms with van der Waals surface area (Å²) < 4.78 is 0. The Morgan fingerprint density at radius 2 is 1.67 bits per heavy atom. The number of thiazole rings is 1. The van der Waals surface area contributed by atoms with Gasteiger partial charge in [0.05, 0.1) is 5.69 Å². The van der Waals surface area contributed by atoms with Gasteiger partial charge in [-0.2, -0.15) is 5.26 Å². The standard InChI is InChI=1S/C20H17N3S/c1-14-3-7-16(8-4-14)19-13-24-20(23-19)17(11-21)12-22-18-9-5-15(2)6-10-18/h3-10,12-13,22H,1-2H3. The quantitative estimate of drug-likeness (QED) is 0.651. The highest BCUT2D eigenvalue weighted by Crippen LogP contribution is 2.26. The minimum atomic E-state index is 0.527. The Hall–Kier alpha value is -2.90. The molecular formula is C20H17N3S. The van der Waals surface area contributed by atoms with Gasteiger partial charge < -0.3 is 5.32 Å². The van der Waals surface area contributed by atoms with E-state index in [0.717, 1.165) is 16.9 Å². The van der Waals surface area contributed by atoms with E-state index in [4.69, 9.17) is 0 Å². The molecule has 0 saturated carbocycles. The fraction of sp³-hybridized carbons (Fsp3) is 0.100. The number of aromatic nitrogens is 1.